The molecule has 3 aromatic rings. The molecule has 1 aromatic carbocycles. The topological polar surface area (TPSA) is 70.4 Å². The lowest BCUT2D eigenvalue weighted by atomic mass is 10.1. The molecule has 3 rings (SSSR count). The van der Waals surface area contributed by atoms with Crippen LogP contribution in [0.4, 0.5) is 0 Å². The highest BCUT2D eigenvalue weighted by molar-refractivity contribution is 5.68. The van der Waals surface area contributed by atoms with Crippen LogP contribution in [0.3, 0.4) is 0 Å². The summed E-state index contributed by atoms with van der Waals surface area (Å²) >= 11 is 0. The molecule has 17 heavy (non-hydrogen) atoms. The van der Waals surface area contributed by atoms with E-state index in [0.717, 1.165) is 0 Å². The van der Waals surface area contributed by atoms with E-state index in [1.807, 2.05) is 18.2 Å². The molecule has 84 valence electrons. The fourth-order valence-corrected chi connectivity index (χ4v) is 1.82. The Kier molecular flexibility index (Phi) is 1.98. The van der Waals surface area contributed by atoms with E-state index in [9.17, 15) is 9.90 Å². The van der Waals surface area contributed by atoms with E-state index in [1.165, 1.54) is 10.7 Å². The van der Waals surface area contributed by atoms with Crippen molar-refractivity contribution in [2.45, 2.75) is 0 Å². The van der Waals surface area contributed by atoms with Crippen LogP contribution >= 0.6 is 0 Å². The molecule has 2 N–H and O–H groups in total. The third-order valence-corrected chi connectivity index (χ3v) is 2.60. The largest absolute Gasteiger partial charge is 0.493 e. The second-order valence-corrected chi connectivity index (χ2v) is 3.65. The molecule has 0 saturated carbocycles. The molecule has 5 nitrogen and oxygen atoms in total. The normalized spacial score (nSPS) is 10.8. The van der Waals surface area contributed by atoms with Crippen LogP contribution in [0.25, 0.3) is 16.8 Å². The fraction of sp³-hybridized carbons (Fsp3) is 0. The van der Waals surface area contributed by atoms with Crippen molar-refractivity contribution in [1.29, 1.82) is 0 Å². The lowest BCUT2D eigenvalue weighted by molar-refractivity contribution is 0.437. The van der Waals surface area contributed by atoms with E-state index in [1.54, 1.807) is 18.2 Å². The zero-order valence-electron chi connectivity index (χ0n) is 8.79. The molecule has 0 atom stereocenters. The van der Waals surface area contributed by atoms with Gasteiger partial charge in [-0.1, -0.05) is 30.3 Å². The summed E-state index contributed by atoms with van der Waals surface area (Å²) in [7, 11) is 0. The first kappa shape index (κ1) is 9.65. The first-order chi connectivity index (χ1) is 8.27. The molecule has 0 aliphatic rings. The minimum absolute atomic E-state index is 0.153. The molecule has 0 aliphatic carbocycles. The van der Waals surface area contributed by atoms with Gasteiger partial charge in [0.05, 0.1) is 6.20 Å². The Labute approximate surface area is 96.0 Å². The van der Waals surface area contributed by atoms with E-state index in [0.29, 0.717) is 11.2 Å². The highest BCUT2D eigenvalue weighted by atomic mass is 16.3. The van der Waals surface area contributed by atoms with Gasteiger partial charge in [0.1, 0.15) is 11.2 Å². The number of benzene rings is 1. The molecule has 0 bridgehead atoms. The average Bonchev–Trinajstić information content (AvgIpc) is 2.78. The van der Waals surface area contributed by atoms with Gasteiger partial charge in [-0.25, -0.2) is 0 Å². The molecule has 0 aliphatic heterocycles. The van der Waals surface area contributed by atoms with Gasteiger partial charge in [-0.05, 0) is 5.56 Å². The van der Waals surface area contributed by atoms with Crippen LogP contribution in [-0.4, -0.2) is 19.7 Å². The lowest BCUT2D eigenvalue weighted by Gasteiger charge is -2.05. The lowest BCUT2D eigenvalue weighted by Crippen LogP contribution is -2.12. The summed E-state index contributed by atoms with van der Waals surface area (Å²) in [6.45, 7) is 0. The van der Waals surface area contributed by atoms with Crippen LogP contribution in [0.15, 0.2) is 47.4 Å². The van der Waals surface area contributed by atoms with Crippen molar-refractivity contribution in [3.63, 3.8) is 0 Å². The molecule has 0 saturated heterocycles. The van der Waals surface area contributed by atoms with Gasteiger partial charge in [-0.3, -0.25) is 4.79 Å². The van der Waals surface area contributed by atoms with Crippen molar-refractivity contribution >= 4 is 5.65 Å². The third kappa shape index (κ3) is 1.40. The van der Waals surface area contributed by atoms with Crippen molar-refractivity contribution < 1.29 is 5.11 Å². The number of H-pyrrole nitrogens is 1. The molecule has 2 heterocycles. The Balaban J connectivity index is 2.40. The molecule has 0 radical (unpaired) electrons. The van der Waals surface area contributed by atoms with Crippen LogP contribution in [0.5, 0.6) is 5.88 Å². The summed E-state index contributed by atoms with van der Waals surface area (Å²) in [5.41, 5.74) is 1.01. The number of hydrogen-bond acceptors (Lipinski definition) is 3. The maximum absolute atomic E-state index is 11.9. The Hall–Kier alpha value is -2.56. The average molecular weight is 227 g/mol. The fourth-order valence-electron chi connectivity index (χ4n) is 1.82. The van der Waals surface area contributed by atoms with Gasteiger partial charge in [0.2, 0.25) is 5.88 Å². The quantitative estimate of drug-likeness (QED) is 0.660. The maximum atomic E-state index is 11.9. The SMILES string of the molecule is O=c1[nH]c2ccnn2c(O)c1-c1ccccc1. The van der Waals surface area contributed by atoms with E-state index >= 15 is 0 Å². The smallest absolute Gasteiger partial charge is 0.262 e. The second-order valence-electron chi connectivity index (χ2n) is 3.65. The van der Waals surface area contributed by atoms with E-state index < -0.39 is 0 Å². The monoisotopic (exact) mass is 227 g/mol. The van der Waals surface area contributed by atoms with Gasteiger partial charge in [0.15, 0.2) is 0 Å². The highest BCUT2D eigenvalue weighted by Crippen LogP contribution is 2.24. The Bertz CT molecular complexity index is 728. The van der Waals surface area contributed by atoms with Gasteiger partial charge in [-0.15, -0.1) is 0 Å². The molecule has 2 aromatic heterocycles. The van der Waals surface area contributed by atoms with Gasteiger partial charge in [0.25, 0.3) is 5.56 Å². The Morgan fingerprint density at radius 3 is 2.71 bits per heavy atom. The van der Waals surface area contributed by atoms with Gasteiger partial charge >= 0.3 is 0 Å². The number of aromatic hydroxyl groups is 1. The Morgan fingerprint density at radius 1 is 1.18 bits per heavy atom. The number of nitrogens with one attached hydrogen (secondary N) is 1. The summed E-state index contributed by atoms with van der Waals surface area (Å²) in [6.07, 6.45) is 1.51. The van der Waals surface area contributed by atoms with Crippen LogP contribution in [0.2, 0.25) is 0 Å². The minimum atomic E-state index is -0.332. The molecule has 0 spiro atoms. The molecular weight excluding hydrogens is 218 g/mol. The number of aromatic amines is 1. The van der Waals surface area contributed by atoms with Crippen LogP contribution in [0.1, 0.15) is 0 Å². The summed E-state index contributed by atoms with van der Waals surface area (Å²) in [5.74, 6) is -0.153. The third-order valence-electron chi connectivity index (χ3n) is 2.60. The molecule has 5 heteroatoms. The Morgan fingerprint density at radius 2 is 1.94 bits per heavy atom. The number of nitrogens with zero attached hydrogens (tertiary/aromatic N) is 2. The minimum Gasteiger partial charge on any atom is -0.493 e. The van der Waals surface area contributed by atoms with E-state index in [4.69, 9.17) is 0 Å². The van der Waals surface area contributed by atoms with Crippen molar-refractivity contribution in [2.24, 2.45) is 0 Å². The van der Waals surface area contributed by atoms with Crippen molar-refractivity contribution in [3.8, 4) is 17.0 Å². The first-order valence-electron chi connectivity index (χ1n) is 5.12. The van der Waals surface area contributed by atoms with E-state index in [-0.39, 0.29) is 17.0 Å². The number of fused-ring (bicyclic) bond motifs is 1. The molecule has 0 amide bonds. The summed E-state index contributed by atoms with van der Waals surface area (Å²) in [4.78, 5) is 14.6. The van der Waals surface area contributed by atoms with Crippen LogP contribution in [-0.2, 0) is 0 Å². The van der Waals surface area contributed by atoms with Crippen LogP contribution < -0.4 is 5.56 Å². The standard InChI is InChI=1S/C12H9N3O2/c16-11-10(8-4-2-1-3-5-8)12(17)15-9(14-11)6-7-13-15/h1-7,17H,(H,14,16). The molecular formula is C12H9N3O2. The second kappa shape index (κ2) is 3.48. The zero-order chi connectivity index (χ0) is 11.8. The highest BCUT2D eigenvalue weighted by Gasteiger charge is 2.13. The van der Waals surface area contributed by atoms with Crippen molar-refractivity contribution in [2.75, 3.05) is 0 Å². The number of hydrogen-bond donors (Lipinski definition) is 2. The molecule has 0 unspecified atom stereocenters. The predicted molar refractivity (Wildman–Crippen MR) is 62.9 cm³/mol. The van der Waals surface area contributed by atoms with Gasteiger partial charge < -0.3 is 10.1 Å². The zero-order valence-corrected chi connectivity index (χ0v) is 8.79. The number of aromatic nitrogens is 3. The summed E-state index contributed by atoms with van der Waals surface area (Å²) in [5, 5.41) is 14.0. The number of rotatable bonds is 1. The first-order valence-corrected chi connectivity index (χ1v) is 5.12. The van der Waals surface area contributed by atoms with E-state index in [2.05, 4.69) is 10.1 Å². The summed E-state index contributed by atoms with van der Waals surface area (Å²) < 4.78 is 1.30. The van der Waals surface area contributed by atoms with Gasteiger partial charge in [0, 0.05) is 6.07 Å². The van der Waals surface area contributed by atoms with Crippen molar-refractivity contribution in [1.82, 2.24) is 14.6 Å². The van der Waals surface area contributed by atoms with Crippen molar-refractivity contribution in [3.05, 3.63) is 52.9 Å². The molecule has 0 fully saturated rings. The van der Waals surface area contributed by atoms with Gasteiger partial charge in [-0.2, -0.15) is 9.61 Å². The summed E-state index contributed by atoms with van der Waals surface area (Å²) in [6, 6.07) is 10.6. The van der Waals surface area contributed by atoms with Crippen LogP contribution in [0, 0.1) is 0 Å². The maximum Gasteiger partial charge on any atom is 0.262 e. The predicted octanol–water partition coefficient (Wildman–Crippen LogP) is 1.40.